The third-order valence-corrected chi connectivity index (χ3v) is 3.62. The number of carbonyl (C=O) groups is 1. The normalized spacial score (nSPS) is 12.0. The Hall–Kier alpha value is -2.25. The van der Waals surface area contributed by atoms with Crippen molar-refractivity contribution in [3.8, 4) is 0 Å². The molecule has 1 atom stereocenters. The maximum atomic E-state index is 12.1. The van der Waals surface area contributed by atoms with Crippen LogP contribution < -0.4 is 16.4 Å². The Bertz CT molecular complexity index is 680. The zero-order valence-corrected chi connectivity index (χ0v) is 14.4. The quantitative estimate of drug-likeness (QED) is 0.663. The van der Waals surface area contributed by atoms with E-state index in [0.29, 0.717) is 16.6 Å². The first-order valence-electron chi connectivity index (χ1n) is 7.69. The lowest BCUT2D eigenvalue weighted by molar-refractivity contribution is 0.0931. The predicted molar refractivity (Wildman–Crippen MR) is 93.6 cm³/mol. The zero-order chi connectivity index (χ0) is 17.5. The number of halogens is 1. The molecule has 0 saturated heterocycles. The second-order valence-corrected chi connectivity index (χ2v) is 6.15. The van der Waals surface area contributed by atoms with Gasteiger partial charge in [-0.1, -0.05) is 25.4 Å². The highest BCUT2D eigenvalue weighted by molar-refractivity contribution is 6.33. The lowest BCUT2D eigenvalue weighted by Gasteiger charge is -2.16. The van der Waals surface area contributed by atoms with Gasteiger partial charge in [0.05, 0.1) is 22.6 Å². The molecule has 0 fully saturated rings. The Morgan fingerprint density at radius 2 is 2.08 bits per heavy atom. The van der Waals surface area contributed by atoms with Gasteiger partial charge < -0.3 is 16.4 Å². The van der Waals surface area contributed by atoms with Crippen LogP contribution in [0.4, 0.5) is 5.69 Å². The molecule has 0 aromatic carbocycles. The zero-order valence-electron chi connectivity index (χ0n) is 13.7. The minimum Gasteiger partial charge on any atom is -0.384 e. The van der Waals surface area contributed by atoms with Crippen molar-refractivity contribution >= 4 is 23.2 Å². The van der Waals surface area contributed by atoms with Gasteiger partial charge in [-0.15, -0.1) is 0 Å². The minimum atomic E-state index is -0.776. The van der Waals surface area contributed by atoms with Crippen LogP contribution >= 0.6 is 11.6 Å². The third kappa shape index (κ3) is 5.14. The SMILES string of the molecule is CC(C)CCNc1cc(C(N)NC(=O)c2cnccn2)ncc1Cl. The van der Waals surface area contributed by atoms with Crippen molar-refractivity contribution in [2.24, 2.45) is 11.7 Å². The first-order valence-corrected chi connectivity index (χ1v) is 8.07. The highest BCUT2D eigenvalue weighted by atomic mass is 35.5. The second-order valence-electron chi connectivity index (χ2n) is 5.74. The number of rotatable bonds is 7. The molecule has 0 aliphatic rings. The van der Waals surface area contributed by atoms with Crippen LogP contribution in [0.1, 0.15) is 42.6 Å². The van der Waals surface area contributed by atoms with Crippen LogP contribution in [0, 0.1) is 5.92 Å². The number of hydrogen-bond donors (Lipinski definition) is 3. The molecule has 24 heavy (non-hydrogen) atoms. The molecule has 128 valence electrons. The Labute approximate surface area is 146 Å². The number of nitrogens with zero attached hydrogens (tertiary/aromatic N) is 3. The van der Waals surface area contributed by atoms with E-state index in [1.54, 1.807) is 6.07 Å². The van der Waals surface area contributed by atoms with Crippen LogP contribution in [-0.2, 0) is 0 Å². The van der Waals surface area contributed by atoms with Gasteiger partial charge in [0.1, 0.15) is 11.9 Å². The number of hydrogen-bond acceptors (Lipinski definition) is 6. The summed E-state index contributed by atoms with van der Waals surface area (Å²) in [6, 6.07) is 1.74. The molecular formula is C16H21ClN6O. The number of amides is 1. The molecule has 0 bridgehead atoms. The first kappa shape index (κ1) is 18.1. The van der Waals surface area contributed by atoms with E-state index in [1.807, 2.05) is 0 Å². The van der Waals surface area contributed by atoms with Gasteiger partial charge in [-0.05, 0) is 18.4 Å². The monoisotopic (exact) mass is 348 g/mol. The van der Waals surface area contributed by atoms with E-state index in [2.05, 4.69) is 39.4 Å². The summed E-state index contributed by atoms with van der Waals surface area (Å²) in [6.45, 7) is 5.10. The minimum absolute atomic E-state index is 0.192. The second kappa shape index (κ2) is 8.56. The first-order chi connectivity index (χ1) is 11.5. The summed E-state index contributed by atoms with van der Waals surface area (Å²) < 4.78 is 0. The van der Waals surface area contributed by atoms with Crippen molar-refractivity contribution < 1.29 is 4.79 Å². The van der Waals surface area contributed by atoms with E-state index >= 15 is 0 Å². The molecule has 0 saturated carbocycles. The molecule has 2 heterocycles. The fraction of sp³-hybridized carbons (Fsp3) is 0.375. The summed E-state index contributed by atoms with van der Waals surface area (Å²) in [7, 11) is 0. The van der Waals surface area contributed by atoms with Crippen LogP contribution in [0.15, 0.2) is 30.9 Å². The van der Waals surface area contributed by atoms with Gasteiger partial charge in [0.25, 0.3) is 5.91 Å². The maximum absolute atomic E-state index is 12.1. The number of carbonyl (C=O) groups excluding carboxylic acids is 1. The van der Waals surface area contributed by atoms with Gasteiger partial charge in [-0.3, -0.25) is 14.8 Å². The van der Waals surface area contributed by atoms with Crippen LogP contribution in [0.2, 0.25) is 5.02 Å². The summed E-state index contributed by atoms with van der Waals surface area (Å²) in [6.07, 6.45) is 6.06. The summed E-state index contributed by atoms with van der Waals surface area (Å²) >= 11 is 6.15. The Balaban J connectivity index is 2.03. The molecule has 7 nitrogen and oxygen atoms in total. The summed E-state index contributed by atoms with van der Waals surface area (Å²) in [5.74, 6) is 0.174. The van der Waals surface area contributed by atoms with Gasteiger partial charge in [-0.2, -0.15) is 0 Å². The van der Waals surface area contributed by atoms with Crippen molar-refractivity contribution in [1.29, 1.82) is 0 Å². The van der Waals surface area contributed by atoms with Gasteiger partial charge in [-0.25, -0.2) is 4.98 Å². The van der Waals surface area contributed by atoms with Crippen LogP contribution in [-0.4, -0.2) is 27.4 Å². The van der Waals surface area contributed by atoms with E-state index in [4.69, 9.17) is 17.3 Å². The van der Waals surface area contributed by atoms with Crippen molar-refractivity contribution in [2.75, 3.05) is 11.9 Å². The lowest BCUT2D eigenvalue weighted by atomic mass is 10.1. The van der Waals surface area contributed by atoms with Crippen molar-refractivity contribution in [3.05, 3.63) is 47.3 Å². The standard InChI is InChI=1S/C16H21ClN6O/c1-10(2)3-4-20-12-7-13(22-8-11(12)17)15(18)23-16(24)14-9-19-5-6-21-14/h5-10,15H,3-4,18H2,1-2H3,(H,20,22)(H,23,24). The van der Waals surface area contributed by atoms with Crippen LogP contribution in [0.5, 0.6) is 0 Å². The molecule has 1 amide bonds. The largest absolute Gasteiger partial charge is 0.384 e. The molecular weight excluding hydrogens is 328 g/mol. The molecule has 0 aliphatic heterocycles. The maximum Gasteiger partial charge on any atom is 0.273 e. The summed E-state index contributed by atoms with van der Waals surface area (Å²) in [5, 5.41) is 6.41. The van der Waals surface area contributed by atoms with E-state index in [0.717, 1.165) is 18.7 Å². The van der Waals surface area contributed by atoms with E-state index < -0.39 is 12.1 Å². The number of nitrogens with one attached hydrogen (secondary N) is 2. The van der Waals surface area contributed by atoms with Crippen molar-refractivity contribution in [3.63, 3.8) is 0 Å². The molecule has 8 heteroatoms. The van der Waals surface area contributed by atoms with Gasteiger partial charge in [0.15, 0.2) is 0 Å². The van der Waals surface area contributed by atoms with E-state index in [9.17, 15) is 4.79 Å². The van der Waals surface area contributed by atoms with E-state index in [-0.39, 0.29) is 5.69 Å². The fourth-order valence-electron chi connectivity index (χ4n) is 1.96. The highest BCUT2D eigenvalue weighted by Crippen LogP contribution is 2.23. The van der Waals surface area contributed by atoms with Crippen LogP contribution in [0.25, 0.3) is 0 Å². The van der Waals surface area contributed by atoms with Crippen molar-refractivity contribution in [1.82, 2.24) is 20.3 Å². The molecule has 0 aliphatic carbocycles. The van der Waals surface area contributed by atoms with Crippen LogP contribution in [0.3, 0.4) is 0 Å². The lowest BCUT2D eigenvalue weighted by Crippen LogP contribution is -2.35. The molecule has 2 rings (SSSR count). The van der Waals surface area contributed by atoms with Gasteiger partial charge in [0, 0.05) is 25.1 Å². The molecule has 2 aromatic rings. The smallest absolute Gasteiger partial charge is 0.273 e. The molecule has 1 unspecified atom stereocenters. The average molecular weight is 349 g/mol. The highest BCUT2D eigenvalue weighted by Gasteiger charge is 2.15. The fourth-order valence-corrected chi connectivity index (χ4v) is 2.13. The molecule has 4 N–H and O–H groups in total. The number of aromatic nitrogens is 3. The molecule has 2 aromatic heterocycles. The van der Waals surface area contributed by atoms with Gasteiger partial charge in [0.2, 0.25) is 0 Å². The third-order valence-electron chi connectivity index (χ3n) is 3.31. The number of anilines is 1. The summed E-state index contributed by atoms with van der Waals surface area (Å²) in [5.41, 5.74) is 7.45. The average Bonchev–Trinajstić information content (AvgIpc) is 2.57. The van der Waals surface area contributed by atoms with Crippen molar-refractivity contribution in [2.45, 2.75) is 26.4 Å². The molecule has 0 radical (unpaired) electrons. The Morgan fingerprint density at radius 1 is 1.29 bits per heavy atom. The Morgan fingerprint density at radius 3 is 2.75 bits per heavy atom. The topological polar surface area (TPSA) is 106 Å². The predicted octanol–water partition coefficient (Wildman–Crippen LogP) is 2.37. The number of nitrogens with two attached hydrogens (primary N) is 1. The van der Waals surface area contributed by atoms with Gasteiger partial charge >= 0.3 is 0 Å². The Kier molecular flexibility index (Phi) is 6.45. The number of pyridine rings is 1. The summed E-state index contributed by atoms with van der Waals surface area (Å²) in [4.78, 5) is 24.0. The van der Waals surface area contributed by atoms with E-state index in [1.165, 1.54) is 24.8 Å². The molecule has 0 spiro atoms.